The lowest BCUT2D eigenvalue weighted by atomic mass is 9.87. The molecule has 2 amide bonds. The maximum Gasteiger partial charge on any atom is 0.323 e. The fourth-order valence-electron chi connectivity index (χ4n) is 3.98. The second-order valence-corrected chi connectivity index (χ2v) is 11.0. The van der Waals surface area contributed by atoms with Crippen LogP contribution in [-0.4, -0.2) is 23.2 Å². The van der Waals surface area contributed by atoms with Gasteiger partial charge in [0.05, 0.1) is 0 Å². The number of anilines is 1. The van der Waals surface area contributed by atoms with Crippen LogP contribution in [0.4, 0.5) is 10.5 Å². The minimum absolute atomic E-state index is 0.0000945. The number of carbonyl (C=O) groups is 1. The normalized spacial score (nSPS) is 17.1. The molecular formula is C26H36N2OS. The standard InChI is InChI=1S/C26H36N2OS/c1-17(2)21-9-8-10-22(18(3)4)23(21)27-25(29)28-15-16-30-24(28)19-11-13-20(14-12-19)26(5,6)7/h8-14,17-18,24H,15-16H2,1-7H3,(H,27,29). The van der Waals surface area contributed by atoms with E-state index < -0.39 is 0 Å². The molecule has 3 rings (SSSR count). The molecule has 0 spiro atoms. The average Bonchev–Trinajstić information content (AvgIpc) is 3.17. The smallest absolute Gasteiger partial charge is 0.308 e. The van der Waals surface area contributed by atoms with Crippen molar-refractivity contribution in [1.82, 2.24) is 4.90 Å². The van der Waals surface area contributed by atoms with Gasteiger partial charge in [-0.3, -0.25) is 0 Å². The van der Waals surface area contributed by atoms with Crippen LogP contribution in [0.25, 0.3) is 0 Å². The zero-order chi connectivity index (χ0) is 22.1. The van der Waals surface area contributed by atoms with E-state index in [1.807, 2.05) is 16.7 Å². The van der Waals surface area contributed by atoms with E-state index in [0.29, 0.717) is 11.8 Å². The first-order valence-corrected chi connectivity index (χ1v) is 12.1. The molecule has 1 aliphatic rings. The summed E-state index contributed by atoms with van der Waals surface area (Å²) in [5.74, 6) is 1.67. The number of rotatable bonds is 4. The van der Waals surface area contributed by atoms with Crippen LogP contribution in [0.5, 0.6) is 0 Å². The maximum atomic E-state index is 13.4. The Bertz CT molecular complexity index is 855. The third-order valence-corrected chi connectivity index (χ3v) is 7.08. The number of thioether (sulfide) groups is 1. The van der Waals surface area contributed by atoms with Gasteiger partial charge in [0.2, 0.25) is 0 Å². The zero-order valence-electron chi connectivity index (χ0n) is 19.5. The molecule has 4 heteroatoms. The number of nitrogens with zero attached hydrogens (tertiary/aromatic N) is 1. The van der Waals surface area contributed by atoms with E-state index in [2.05, 4.69) is 96.2 Å². The highest BCUT2D eigenvalue weighted by molar-refractivity contribution is 7.99. The van der Waals surface area contributed by atoms with Crippen LogP contribution in [-0.2, 0) is 5.41 Å². The first-order chi connectivity index (χ1) is 14.1. The molecule has 1 saturated heterocycles. The van der Waals surface area contributed by atoms with E-state index >= 15 is 0 Å². The molecule has 0 saturated carbocycles. The van der Waals surface area contributed by atoms with Crippen LogP contribution in [0.15, 0.2) is 42.5 Å². The number of para-hydroxylation sites is 1. The molecule has 0 bridgehead atoms. The van der Waals surface area contributed by atoms with Crippen LogP contribution in [0, 0.1) is 0 Å². The topological polar surface area (TPSA) is 32.3 Å². The number of urea groups is 1. The number of hydrogen-bond donors (Lipinski definition) is 1. The van der Waals surface area contributed by atoms with Crippen LogP contribution in [0.2, 0.25) is 0 Å². The van der Waals surface area contributed by atoms with E-state index in [1.165, 1.54) is 22.3 Å². The summed E-state index contributed by atoms with van der Waals surface area (Å²) in [6, 6.07) is 15.1. The lowest BCUT2D eigenvalue weighted by Gasteiger charge is -2.27. The molecule has 1 unspecified atom stereocenters. The summed E-state index contributed by atoms with van der Waals surface area (Å²) in [7, 11) is 0. The summed E-state index contributed by atoms with van der Waals surface area (Å²) in [6.45, 7) is 16.2. The van der Waals surface area contributed by atoms with Gasteiger partial charge in [-0.15, -0.1) is 11.8 Å². The van der Waals surface area contributed by atoms with Gasteiger partial charge >= 0.3 is 6.03 Å². The molecule has 1 heterocycles. The highest BCUT2D eigenvalue weighted by atomic mass is 32.2. The number of hydrogen-bond acceptors (Lipinski definition) is 2. The molecule has 0 aromatic heterocycles. The summed E-state index contributed by atoms with van der Waals surface area (Å²) >= 11 is 1.84. The predicted octanol–water partition coefficient (Wildman–Crippen LogP) is 7.51. The number of amides is 2. The summed E-state index contributed by atoms with van der Waals surface area (Å²) < 4.78 is 0. The predicted molar refractivity (Wildman–Crippen MR) is 131 cm³/mol. The first kappa shape index (κ1) is 22.7. The summed E-state index contributed by atoms with van der Waals surface area (Å²) in [5.41, 5.74) is 6.04. The highest BCUT2D eigenvalue weighted by Gasteiger charge is 2.32. The van der Waals surface area contributed by atoms with Crippen molar-refractivity contribution < 1.29 is 4.79 Å². The molecular weight excluding hydrogens is 388 g/mol. The Morgan fingerprint density at radius 1 is 1.00 bits per heavy atom. The van der Waals surface area contributed by atoms with Crippen molar-refractivity contribution in [1.29, 1.82) is 0 Å². The van der Waals surface area contributed by atoms with Crippen molar-refractivity contribution in [3.8, 4) is 0 Å². The van der Waals surface area contributed by atoms with E-state index in [4.69, 9.17) is 0 Å². The molecule has 1 aliphatic heterocycles. The molecule has 2 aromatic carbocycles. The quantitative estimate of drug-likeness (QED) is 0.551. The number of carbonyl (C=O) groups excluding carboxylic acids is 1. The fraction of sp³-hybridized carbons (Fsp3) is 0.500. The molecule has 1 fully saturated rings. The third-order valence-electron chi connectivity index (χ3n) is 5.82. The Labute approximate surface area is 186 Å². The van der Waals surface area contributed by atoms with Crippen molar-refractivity contribution >= 4 is 23.5 Å². The lowest BCUT2D eigenvalue weighted by Crippen LogP contribution is -2.35. The first-order valence-electron chi connectivity index (χ1n) is 11.0. The van der Waals surface area contributed by atoms with Crippen molar-refractivity contribution in [2.24, 2.45) is 0 Å². The Hall–Kier alpha value is -1.94. The average molecular weight is 425 g/mol. The van der Waals surface area contributed by atoms with Crippen molar-refractivity contribution in [2.75, 3.05) is 17.6 Å². The Kier molecular flexibility index (Phi) is 6.86. The van der Waals surface area contributed by atoms with Crippen LogP contribution < -0.4 is 5.32 Å². The number of benzene rings is 2. The van der Waals surface area contributed by atoms with Gasteiger partial charge in [0, 0.05) is 18.0 Å². The summed E-state index contributed by atoms with van der Waals surface area (Å²) in [5, 5.41) is 3.36. The van der Waals surface area contributed by atoms with Gasteiger partial charge in [-0.25, -0.2) is 4.79 Å². The van der Waals surface area contributed by atoms with Crippen molar-refractivity contribution in [2.45, 2.75) is 71.1 Å². The third kappa shape index (κ3) is 4.85. The van der Waals surface area contributed by atoms with E-state index in [9.17, 15) is 4.79 Å². The largest absolute Gasteiger partial charge is 0.323 e. The van der Waals surface area contributed by atoms with Crippen LogP contribution in [0.3, 0.4) is 0 Å². The Morgan fingerprint density at radius 3 is 2.07 bits per heavy atom. The Morgan fingerprint density at radius 2 is 1.57 bits per heavy atom. The second kappa shape index (κ2) is 9.05. The van der Waals surface area contributed by atoms with Gasteiger partial charge in [-0.2, -0.15) is 0 Å². The van der Waals surface area contributed by atoms with Gasteiger partial charge in [0.25, 0.3) is 0 Å². The fourth-order valence-corrected chi connectivity index (χ4v) is 5.23. The van der Waals surface area contributed by atoms with Gasteiger partial charge in [-0.1, -0.05) is 90.9 Å². The lowest BCUT2D eigenvalue weighted by molar-refractivity contribution is 0.214. The monoisotopic (exact) mass is 424 g/mol. The van der Waals surface area contributed by atoms with Gasteiger partial charge < -0.3 is 10.2 Å². The second-order valence-electron chi connectivity index (χ2n) is 9.84. The van der Waals surface area contributed by atoms with Gasteiger partial charge in [0.1, 0.15) is 5.37 Å². The maximum absolute atomic E-state index is 13.4. The molecule has 2 aromatic rings. The van der Waals surface area contributed by atoms with Crippen molar-refractivity contribution in [3.05, 3.63) is 64.7 Å². The molecule has 1 atom stereocenters. The molecule has 162 valence electrons. The van der Waals surface area contributed by atoms with E-state index in [0.717, 1.165) is 18.0 Å². The minimum Gasteiger partial charge on any atom is -0.308 e. The summed E-state index contributed by atoms with van der Waals surface area (Å²) in [6.07, 6.45) is 0. The van der Waals surface area contributed by atoms with Gasteiger partial charge in [0.15, 0.2) is 0 Å². The van der Waals surface area contributed by atoms with Crippen LogP contribution >= 0.6 is 11.8 Å². The molecule has 1 N–H and O–H groups in total. The highest BCUT2D eigenvalue weighted by Crippen LogP contribution is 2.40. The van der Waals surface area contributed by atoms with Crippen LogP contribution in [0.1, 0.15) is 87.9 Å². The number of nitrogens with one attached hydrogen (secondary N) is 1. The molecule has 3 nitrogen and oxygen atoms in total. The Balaban J connectivity index is 1.85. The SMILES string of the molecule is CC(C)c1cccc(C(C)C)c1NC(=O)N1CCSC1c1ccc(C(C)(C)C)cc1. The summed E-state index contributed by atoms with van der Waals surface area (Å²) in [4.78, 5) is 15.4. The van der Waals surface area contributed by atoms with Gasteiger partial charge in [-0.05, 0) is 39.5 Å². The van der Waals surface area contributed by atoms with E-state index in [-0.39, 0.29) is 16.8 Å². The van der Waals surface area contributed by atoms with E-state index in [1.54, 1.807) is 0 Å². The zero-order valence-corrected chi connectivity index (χ0v) is 20.3. The molecule has 0 aliphatic carbocycles. The molecule has 0 radical (unpaired) electrons. The minimum atomic E-state index is -0.0000945. The van der Waals surface area contributed by atoms with Crippen molar-refractivity contribution in [3.63, 3.8) is 0 Å². The molecule has 30 heavy (non-hydrogen) atoms.